The van der Waals surface area contributed by atoms with E-state index in [1.807, 2.05) is 27.7 Å². The Kier molecular flexibility index (Phi) is 6.41. The molecule has 0 aromatic carbocycles. The van der Waals surface area contributed by atoms with E-state index in [1.54, 1.807) is 12.0 Å². The molecule has 1 saturated heterocycles. The second kappa shape index (κ2) is 8.18. The number of amides is 2. The average Bonchev–Trinajstić information content (AvgIpc) is 3.19. The predicted molar refractivity (Wildman–Crippen MR) is 94.7 cm³/mol. The lowest BCUT2D eigenvalue weighted by Gasteiger charge is -2.29. The van der Waals surface area contributed by atoms with Gasteiger partial charge in [0.1, 0.15) is 5.56 Å². The number of methoxy groups -OCH3 is 1. The molecule has 1 aromatic rings. The number of ether oxygens (including phenoxy) is 1. The summed E-state index contributed by atoms with van der Waals surface area (Å²) in [6.07, 6.45) is 1.15. The Labute approximate surface area is 153 Å². The highest BCUT2D eigenvalue weighted by atomic mass is 16.5. The van der Waals surface area contributed by atoms with E-state index in [0.717, 1.165) is 0 Å². The summed E-state index contributed by atoms with van der Waals surface area (Å²) >= 11 is 0. The quantitative estimate of drug-likeness (QED) is 0.749. The first-order valence-corrected chi connectivity index (χ1v) is 8.89. The molecule has 2 N–H and O–H groups in total. The van der Waals surface area contributed by atoms with E-state index in [9.17, 15) is 14.7 Å². The molecule has 1 aliphatic heterocycles. The molecule has 0 bridgehead atoms. The SMILES string of the molecule is COCCC(C)(C)C(=O)N1C[C@@H](O)[C@H](NC(=O)c2cnoc2C(C)C)C1. The predicted octanol–water partition coefficient (Wildman–Crippen LogP) is 1.16. The monoisotopic (exact) mass is 367 g/mol. The molecule has 146 valence electrons. The molecular formula is C18H29N3O5. The van der Waals surface area contributed by atoms with Gasteiger partial charge in [0.15, 0.2) is 5.76 Å². The van der Waals surface area contributed by atoms with Crippen LogP contribution in [0.3, 0.4) is 0 Å². The Morgan fingerprint density at radius 1 is 1.46 bits per heavy atom. The van der Waals surface area contributed by atoms with Crippen LogP contribution in [-0.4, -0.2) is 65.9 Å². The van der Waals surface area contributed by atoms with Crippen LogP contribution >= 0.6 is 0 Å². The van der Waals surface area contributed by atoms with Crippen LogP contribution in [0.1, 0.15) is 56.2 Å². The van der Waals surface area contributed by atoms with Crippen LogP contribution in [-0.2, 0) is 9.53 Å². The molecule has 0 saturated carbocycles. The van der Waals surface area contributed by atoms with E-state index >= 15 is 0 Å². The summed E-state index contributed by atoms with van der Waals surface area (Å²) < 4.78 is 10.2. The van der Waals surface area contributed by atoms with Crippen LogP contribution in [0.2, 0.25) is 0 Å². The highest BCUT2D eigenvalue weighted by Crippen LogP contribution is 2.26. The number of rotatable bonds is 7. The molecule has 1 fully saturated rings. The highest BCUT2D eigenvalue weighted by Gasteiger charge is 2.40. The summed E-state index contributed by atoms with van der Waals surface area (Å²) in [6, 6.07) is -0.528. The number of hydrogen-bond acceptors (Lipinski definition) is 6. The van der Waals surface area contributed by atoms with Gasteiger partial charge in [0, 0.05) is 38.1 Å². The molecule has 2 rings (SSSR count). The number of hydrogen-bond donors (Lipinski definition) is 2. The summed E-state index contributed by atoms with van der Waals surface area (Å²) in [5.74, 6) is 0.111. The summed E-state index contributed by atoms with van der Waals surface area (Å²) in [4.78, 5) is 26.8. The van der Waals surface area contributed by atoms with Crippen molar-refractivity contribution in [2.75, 3.05) is 26.8 Å². The highest BCUT2D eigenvalue weighted by molar-refractivity contribution is 5.95. The zero-order chi connectivity index (χ0) is 19.5. The van der Waals surface area contributed by atoms with Crippen molar-refractivity contribution in [2.45, 2.75) is 52.2 Å². The first-order chi connectivity index (χ1) is 12.2. The molecule has 2 amide bonds. The van der Waals surface area contributed by atoms with E-state index < -0.39 is 17.6 Å². The molecule has 1 aliphatic rings. The van der Waals surface area contributed by atoms with Crippen molar-refractivity contribution in [1.29, 1.82) is 0 Å². The molecule has 2 atom stereocenters. The zero-order valence-electron chi connectivity index (χ0n) is 16.1. The van der Waals surface area contributed by atoms with Gasteiger partial charge in [-0.2, -0.15) is 0 Å². The zero-order valence-corrected chi connectivity index (χ0v) is 16.1. The molecular weight excluding hydrogens is 338 g/mol. The van der Waals surface area contributed by atoms with Crippen LogP contribution in [0.15, 0.2) is 10.7 Å². The van der Waals surface area contributed by atoms with Gasteiger partial charge in [-0.05, 0) is 6.42 Å². The van der Waals surface area contributed by atoms with Gasteiger partial charge in [0.05, 0.1) is 18.3 Å². The standard InChI is InChI=1S/C18H29N3O5/c1-11(2)15-12(8-19-26-15)16(23)20-13-9-21(10-14(13)22)17(24)18(3,4)6-7-25-5/h8,11,13-14,22H,6-7,9-10H2,1-5H3,(H,20,23)/t13-,14-/m1/s1. The van der Waals surface area contributed by atoms with Gasteiger partial charge < -0.3 is 24.6 Å². The fourth-order valence-corrected chi connectivity index (χ4v) is 3.07. The van der Waals surface area contributed by atoms with Gasteiger partial charge in [-0.1, -0.05) is 32.9 Å². The average molecular weight is 367 g/mol. The molecule has 26 heavy (non-hydrogen) atoms. The van der Waals surface area contributed by atoms with Crippen molar-refractivity contribution in [1.82, 2.24) is 15.4 Å². The van der Waals surface area contributed by atoms with Crippen molar-refractivity contribution in [3.8, 4) is 0 Å². The number of aliphatic hydroxyl groups excluding tert-OH is 1. The number of nitrogens with zero attached hydrogens (tertiary/aromatic N) is 2. The minimum Gasteiger partial charge on any atom is -0.389 e. The number of carbonyl (C=O) groups excluding carboxylic acids is 2. The fourth-order valence-electron chi connectivity index (χ4n) is 3.07. The molecule has 1 aromatic heterocycles. The maximum Gasteiger partial charge on any atom is 0.256 e. The van der Waals surface area contributed by atoms with Gasteiger partial charge >= 0.3 is 0 Å². The van der Waals surface area contributed by atoms with Gasteiger partial charge in [0.2, 0.25) is 5.91 Å². The topological polar surface area (TPSA) is 105 Å². The molecule has 0 unspecified atom stereocenters. The third kappa shape index (κ3) is 4.42. The Hall–Kier alpha value is -1.93. The number of aliphatic hydroxyl groups is 1. The van der Waals surface area contributed by atoms with Gasteiger partial charge in [-0.15, -0.1) is 0 Å². The molecule has 0 radical (unpaired) electrons. The molecule has 2 heterocycles. The Balaban J connectivity index is 2.01. The van der Waals surface area contributed by atoms with E-state index in [0.29, 0.717) is 24.4 Å². The lowest BCUT2D eigenvalue weighted by atomic mass is 9.88. The van der Waals surface area contributed by atoms with E-state index in [1.165, 1.54) is 6.20 Å². The summed E-state index contributed by atoms with van der Waals surface area (Å²) in [5, 5.41) is 16.8. The van der Waals surface area contributed by atoms with Crippen molar-refractivity contribution < 1.29 is 24.0 Å². The van der Waals surface area contributed by atoms with E-state index in [4.69, 9.17) is 9.26 Å². The first kappa shape index (κ1) is 20.4. The Bertz CT molecular complexity index is 641. The summed E-state index contributed by atoms with van der Waals surface area (Å²) in [5.41, 5.74) is -0.231. The van der Waals surface area contributed by atoms with Crippen LogP contribution < -0.4 is 5.32 Å². The molecule has 0 spiro atoms. The van der Waals surface area contributed by atoms with Crippen LogP contribution in [0.4, 0.5) is 0 Å². The second-order valence-corrected chi connectivity index (χ2v) is 7.74. The van der Waals surface area contributed by atoms with Gasteiger partial charge in [-0.25, -0.2) is 0 Å². The maximum absolute atomic E-state index is 12.7. The van der Waals surface area contributed by atoms with Gasteiger partial charge in [0.25, 0.3) is 5.91 Å². The fraction of sp³-hybridized carbons (Fsp3) is 0.722. The molecule has 8 heteroatoms. The molecule has 8 nitrogen and oxygen atoms in total. The summed E-state index contributed by atoms with van der Waals surface area (Å²) in [6.45, 7) is 8.48. The van der Waals surface area contributed by atoms with Crippen LogP contribution in [0.25, 0.3) is 0 Å². The smallest absolute Gasteiger partial charge is 0.256 e. The molecule has 0 aliphatic carbocycles. The normalized spacial score (nSPS) is 20.7. The number of β-amino-alcohol motifs (C(OH)–C–C–N with tert-alkyl or cyclic N) is 1. The van der Waals surface area contributed by atoms with Crippen LogP contribution in [0.5, 0.6) is 0 Å². The Morgan fingerprint density at radius 3 is 2.77 bits per heavy atom. The van der Waals surface area contributed by atoms with Gasteiger partial charge in [-0.3, -0.25) is 9.59 Å². The van der Waals surface area contributed by atoms with Crippen molar-refractivity contribution in [3.63, 3.8) is 0 Å². The van der Waals surface area contributed by atoms with Crippen LogP contribution in [0, 0.1) is 5.41 Å². The number of likely N-dealkylation sites (tertiary alicyclic amines) is 1. The number of carbonyl (C=O) groups is 2. The van der Waals surface area contributed by atoms with E-state index in [-0.39, 0.29) is 30.8 Å². The van der Waals surface area contributed by atoms with Crippen molar-refractivity contribution in [2.24, 2.45) is 5.41 Å². The minimum absolute atomic E-state index is 0.0198. The largest absolute Gasteiger partial charge is 0.389 e. The third-order valence-electron chi connectivity index (χ3n) is 4.77. The second-order valence-electron chi connectivity index (χ2n) is 7.74. The van der Waals surface area contributed by atoms with Crippen molar-refractivity contribution >= 4 is 11.8 Å². The number of nitrogens with one attached hydrogen (secondary N) is 1. The lowest BCUT2D eigenvalue weighted by molar-refractivity contribution is -0.140. The first-order valence-electron chi connectivity index (χ1n) is 8.89. The van der Waals surface area contributed by atoms with Crippen molar-refractivity contribution in [3.05, 3.63) is 17.5 Å². The third-order valence-corrected chi connectivity index (χ3v) is 4.77. The number of aromatic nitrogens is 1. The minimum atomic E-state index is -0.816. The maximum atomic E-state index is 12.7. The van der Waals surface area contributed by atoms with E-state index in [2.05, 4.69) is 10.5 Å². The Morgan fingerprint density at radius 2 is 2.15 bits per heavy atom. The lowest BCUT2D eigenvalue weighted by Crippen LogP contribution is -2.44. The summed E-state index contributed by atoms with van der Waals surface area (Å²) in [7, 11) is 1.60.